The summed E-state index contributed by atoms with van der Waals surface area (Å²) in [6, 6.07) is 19.1. The van der Waals surface area contributed by atoms with Crippen LogP contribution in [0.2, 0.25) is 5.02 Å². The predicted molar refractivity (Wildman–Crippen MR) is 127 cm³/mol. The second-order valence-electron chi connectivity index (χ2n) is 8.12. The maximum absolute atomic E-state index is 12.6. The zero-order valence-corrected chi connectivity index (χ0v) is 18.6. The van der Waals surface area contributed by atoms with Crippen molar-refractivity contribution in [2.45, 2.75) is 51.0 Å². The van der Waals surface area contributed by atoms with E-state index in [0.717, 1.165) is 42.6 Å². The van der Waals surface area contributed by atoms with E-state index in [-0.39, 0.29) is 30.7 Å². The first-order chi connectivity index (χ1) is 15.6. The van der Waals surface area contributed by atoms with Crippen LogP contribution >= 0.6 is 11.6 Å². The summed E-state index contributed by atoms with van der Waals surface area (Å²) in [4.78, 5) is 24.9. The second kappa shape index (κ2) is 10.5. The van der Waals surface area contributed by atoms with Crippen molar-refractivity contribution in [3.63, 3.8) is 0 Å². The maximum Gasteiger partial charge on any atom is 0.226 e. The van der Waals surface area contributed by atoms with Gasteiger partial charge in [0.2, 0.25) is 11.8 Å². The third-order valence-electron chi connectivity index (χ3n) is 5.65. The number of carbonyl (C=O) groups is 2. The first-order valence-corrected chi connectivity index (χ1v) is 11.5. The summed E-state index contributed by atoms with van der Waals surface area (Å²) in [6.07, 6.45) is 5.88. The highest BCUT2D eigenvalue weighted by Crippen LogP contribution is 2.26. The smallest absolute Gasteiger partial charge is 0.226 e. The van der Waals surface area contributed by atoms with Gasteiger partial charge in [-0.15, -0.1) is 0 Å². The third-order valence-corrected chi connectivity index (χ3v) is 5.88. The molecular weight excluding hydrogens is 424 g/mol. The summed E-state index contributed by atoms with van der Waals surface area (Å²) in [5.41, 5.74) is 2.41. The van der Waals surface area contributed by atoms with Crippen LogP contribution in [0, 0.1) is 0 Å². The number of carbonyl (C=O) groups excluding carboxylic acids is 2. The van der Waals surface area contributed by atoms with Gasteiger partial charge in [-0.25, -0.2) is 4.68 Å². The summed E-state index contributed by atoms with van der Waals surface area (Å²) in [5.74, 6) is 0.232. The van der Waals surface area contributed by atoms with Crippen LogP contribution < -0.4 is 10.6 Å². The highest BCUT2D eigenvalue weighted by Gasteiger charge is 2.18. The number of hydrogen-bond donors (Lipinski definition) is 2. The minimum Gasteiger partial charge on any atom is -0.353 e. The van der Waals surface area contributed by atoms with E-state index in [9.17, 15) is 9.59 Å². The second-order valence-corrected chi connectivity index (χ2v) is 8.56. The molecule has 0 radical (unpaired) electrons. The van der Waals surface area contributed by atoms with Crippen LogP contribution in [-0.4, -0.2) is 27.6 Å². The van der Waals surface area contributed by atoms with Gasteiger partial charge in [-0.05, 0) is 31.0 Å². The molecule has 3 aromatic rings. The molecule has 1 aliphatic carbocycles. The van der Waals surface area contributed by atoms with Crippen molar-refractivity contribution in [1.29, 1.82) is 0 Å². The van der Waals surface area contributed by atoms with Crippen molar-refractivity contribution in [2.75, 3.05) is 5.32 Å². The van der Waals surface area contributed by atoms with Crippen molar-refractivity contribution in [1.82, 2.24) is 15.1 Å². The lowest BCUT2D eigenvalue weighted by atomic mass is 9.95. The van der Waals surface area contributed by atoms with E-state index < -0.39 is 0 Å². The van der Waals surface area contributed by atoms with Crippen LogP contribution in [0.3, 0.4) is 0 Å². The topological polar surface area (TPSA) is 76.0 Å². The Hall–Kier alpha value is -3.12. The quantitative estimate of drug-likeness (QED) is 0.508. The standard InChI is InChI=1S/C25H27ClN4O2/c26-19-10-7-13-21(16-19)30-23(17-22(29-30)18-8-3-1-4-9-18)28-25(32)15-14-24(31)27-20-11-5-2-6-12-20/h1,3-4,7-10,13,16-17,20H,2,5-6,11-12,14-15H2,(H,27,31)(H,28,32). The molecular formula is C25H27ClN4O2. The van der Waals surface area contributed by atoms with Crippen molar-refractivity contribution in [3.05, 3.63) is 65.7 Å². The number of benzene rings is 2. The van der Waals surface area contributed by atoms with Crippen molar-refractivity contribution in [2.24, 2.45) is 0 Å². The number of halogens is 1. The molecule has 1 aliphatic rings. The van der Waals surface area contributed by atoms with Gasteiger partial charge in [0.15, 0.2) is 0 Å². The molecule has 0 unspecified atom stereocenters. The van der Waals surface area contributed by atoms with E-state index in [1.165, 1.54) is 6.42 Å². The molecule has 1 aromatic heterocycles. The number of amides is 2. The Morgan fingerprint density at radius 2 is 1.69 bits per heavy atom. The average Bonchev–Trinajstić information content (AvgIpc) is 3.23. The van der Waals surface area contributed by atoms with Crippen LogP contribution in [0.4, 0.5) is 5.82 Å². The lowest BCUT2D eigenvalue weighted by Crippen LogP contribution is -2.36. The number of aromatic nitrogens is 2. The van der Waals surface area contributed by atoms with Gasteiger partial charge < -0.3 is 10.6 Å². The predicted octanol–water partition coefficient (Wildman–Crippen LogP) is 5.36. The molecule has 2 aromatic carbocycles. The highest BCUT2D eigenvalue weighted by atomic mass is 35.5. The number of nitrogens with one attached hydrogen (secondary N) is 2. The number of anilines is 1. The Balaban J connectivity index is 1.46. The van der Waals surface area contributed by atoms with Gasteiger partial charge in [0.05, 0.1) is 11.4 Å². The van der Waals surface area contributed by atoms with Crippen LogP contribution in [-0.2, 0) is 9.59 Å². The molecule has 32 heavy (non-hydrogen) atoms. The first kappa shape index (κ1) is 22.1. The molecule has 166 valence electrons. The SMILES string of the molecule is O=C(CCC(=O)NC1CCCCC1)Nc1cc(-c2ccccc2)nn1-c1cccc(Cl)c1. The third kappa shape index (κ3) is 5.77. The van der Waals surface area contributed by atoms with Gasteiger partial charge in [-0.1, -0.05) is 67.3 Å². The summed E-state index contributed by atoms with van der Waals surface area (Å²) in [6.45, 7) is 0. The monoisotopic (exact) mass is 450 g/mol. The molecule has 0 bridgehead atoms. The minimum atomic E-state index is -0.230. The lowest BCUT2D eigenvalue weighted by Gasteiger charge is -2.22. The molecule has 1 heterocycles. The van der Waals surface area contributed by atoms with Gasteiger partial charge in [0.1, 0.15) is 5.82 Å². The average molecular weight is 451 g/mol. The molecule has 0 atom stereocenters. The van der Waals surface area contributed by atoms with Gasteiger partial charge in [0, 0.05) is 35.5 Å². The van der Waals surface area contributed by atoms with Crippen molar-refractivity contribution < 1.29 is 9.59 Å². The van der Waals surface area contributed by atoms with Gasteiger partial charge in [0.25, 0.3) is 0 Å². The molecule has 1 fully saturated rings. The summed E-state index contributed by atoms with van der Waals surface area (Å²) < 4.78 is 1.66. The van der Waals surface area contributed by atoms with Crippen LogP contribution in [0.15, 0.2) is 60.7 Å². The zero-order valence-electron chi connectivity index (χ0n) is 17.9. The lowest BCUT2D eigenvalue weighted by molar-refractivity contribution is -0.125. The Morgan fingerprint density at radius 3 is 2.44 bits per heavy atom. The fourth-order valence-electron chi connectivity index (χ4n) is 4.00. The molecule has 7 heteroatoms. The number of rotatable bonds is 7. The summed E-state index contributed by atoms with van der Waals surface area (Å²) in [5, 5.41) is 11.2. The normalized spacial score (nSPS) is 14.2. The fraction of sp³-hybridized carbons (Fsp3) is 0.320. The van der Waals surface area contributed by atoms with Gasteiger partial charge >= 0.3 is 0 Å². The Morgan fingerprint density at radius 1 is 0.938 bits per heavy atom. The van der Waals surface area contributed by atoms with E-state index in [0.29, 0.717) is 10.8 Å². The van der Waals surface area contributed by atoms with E-state index in [4.69, 9.17) is 11.6 Å². The summed E-state index contributed by atoms with van der Waals surface area (Å²) >= 11 is 6.17. The fourth-order valence-corrected chi connectivity index (χ4v) is 4.19. The largest absolute Gasteiger partial charge is 0.353 e. The van der Waals surface area contributed by atoms with Crippen LogP contribution in [0.1, 0.15) is 44.9 Å². The molecule has 1 saturated carbocycles. The Kier molecular flexibility index (Phi) is 7.22. The molecule has 4 rings (SSSR count). The van der Waals surface area contributed by atoms with E-state index >= 15 is 0 Å². The highest BCUT2D eigenvalue weighted by molar-refractivity contribution is 6.30. The molecule has 2 N–H and O–H groups in total. The first-order valence-electron chi connectivity index (χ1n) is 11.1. The van der Waals surface area contributed by atoms with E-state index in [2.05, 4.69) is 15.7 Å². The number of nitrogens with zero attached hydrogens (tertiary/aromatic N) is 2. The van der Waals surface area contributed by atoms with E-state index in [1.807, 2.05) is 48.5 Å². The van der Waals surface area contributed by atoms with Crippen molar-refractivity contribution >= 4 is 29.2 Å². The summed E-state index contributed by atoms with van der Waals surface area (Å²) in [7, 11) is 0. The molecule has 0 saturated heterocycles. The Labute approximate surface area is 193 Å². The van der Waals surface area contributed by atoms with Crippen LogP contribution in [0.25, 0.3) is 16.9 Å². The minimum absolute atomic E-state index is 0.0691. The Bertz CT molecular complexity index is 1070. The van der Waals surface area contributed by atoms with Gasteiger partial charge in [-0.3, -0.25) is 9.59 Å². The molecule has 2 amide bonds. The maximum atomic E-state index is 12.6. The zero-order chi connectivity index (χ0) is 22.3. The molecule has 0 spiro atoms. The van der Waals surface area contributed by atoms with Crippen molar-refractivity contribution in [3.8, 4) is 16.9 Å². The van der Waals surface area contributed by atoms with Gasteiger partial charge in [-0.2, -0.15) is 5.10 Å². The molecule has 0 aliphatic heterocycles. The van der Waals surface area contributed by atoms with E-state index in [1.54, 1.807) is 16.8 Å². The molecule has 6 nitrogen and oxygen atoms in total. The number of hydrogen-bond acceptors (Lipinski definition) is 3. The van der Waals surface area contributed by atoms with Crippen LogP contribution in [0.5, 0.6) is 0 Å².